The van der Waals surface area contributed by atoms with Crippen LogP contribution in [0.5, 0.6) is 5.88 Å². The molecule has 184 valence electrons. The van der Waals surface area contributed by atoms with Crippen LogP contribution in [-0.4, -0.2) is 56.8 Å². The molecule has 3 heterocycles. The van der Waals surface area contributed by atoms with Gasteiger partial charge in [-0.2, -0.15) is 4.98 Å². The number of nitrogens with zero attached hydrogens (tertiary/aromatic N) is 8. The summed E-state index contributed by atoms with van der Waals surface area (Å²) in [7, 11) is 5.17. The number of aromatic hydroxyl groups is 1. The number of imidazole rings is 1. The van der Waals surface area contributed by atoms with Gasteiger partial charge in [0.05, 0.1) is 25.4 Å². The summed E-state index contributed by atoms with van der Waals surface area (Å²) >= 11 is 0. The maximum absolute atomic E-state index is 12.9. The van der Waals surface area contributed by atoms with Crippen LogP contribution in [0.2, 0.25) is 0 Å². The zero-order chi connectivity index (χ0) is 25.5. The lowest BCUT2D eigenvalue weighted by Crippen LogP contribution is -2.38. The first-order valence-corrected chi connectivity index (χ1v) is 10.2. The molecular formula is C19H26N8O7. The van der Waals surface area contributed by atoms with E-state index in [-0.39, 0.29) is 36.4 Å². The Morgan fingerprint density at radius 2 is 1.50 bits per heavy atom. The van der Waals surface area contributed by atoms with E-state index < -0.39 is 40.2 Å². The topological polar surface area (TPSA) is 180 Å². The molecule has 3 aromatic heterocycles. The summed E-state index contributed by atoms with van der Waals surface area (Å²) < 4.78 is 10.2. The number of azo groups is 1. The first-order valence-electron chi connectivity index (χ1n) is 10.2. The summed E-state index contributed by atoms with van der Waals surface area (Å²) in [4.78, 5) is 53.8. The quantitative estimate of drug-likeness (QED) is 0.395. The van der Waals surface area contributed by atoms with Crippen molar-refractivity contribution in [3.05, 3.63) is 41.7 Å². The maximum Gasteiger partial charge on any atom is 0.333 e. The first-order chi connectivity index (χ1) is 15.9. The van der Waals surface area contributed by atoms with Crippen molar-refractivity contribution in [2.75, 3.05) is 6.61 Å². The fourth-order valence-corrected chi connectivity index (χ4v) is 3.25. The molecule has 0 saturated heterocycles. The Labute approximate surface area is 191 Å². The van der Waals surface area contributed by atoms with Gasteiger partial charge in [0.1, 0.15) is 0 Å². The normalized spacial score (nSPS) is 12.9. The van der Waals surface area contributed by atoms with Gasteiger partial charge in [0.15, 0.2) is 11.2 Å². The van der Waals surface area contributed by atoms with Crippen molar-refractivity contribution in [2.24, 2.45) is 38.4 Å². The van der Waals surface area contributed by atoms with Crippen LogP contribution in [0.3, 0.4) is 0 Å². The van der Waals surface area contributed by atoms with E-state index in [0.29, 0.717) is 0 Å². The third-order valence-electron chi connectivity index (χ3n) is 5.19. The first kappa shape index (κ1) is 24.8. The molecule has 34 heavy (non-hydrogen) atoms. The highest BCUT2D eigenvalue weighted by Crippen LogP contribution is 2.24. The number of hydrogen-bond acceptors (Lipinski definition) is 10. The third kappa shape index (κ3) is 4.22. The van der Waals surface area contributed by atoms with Gasteiger partial charge >= 0.3 is 11.4 Å². The summed E-state index contributed by atoms with van der Waals surface area (Å²) in [6.07, 6.45) is -1.22. The fraction of sp³-hybridized carbons (Fsp3) is 0.526. The highest BCUT2D eigenvalue weighted by molar-refractivity contribution is 5.73. The van der Waals surface area contributed by atoms with Crippen molar-refractivity contribution in [3.63, 3.8) is 0 Å². The average Bonchev–Trinajstić information content (AvgIpc) is 3.15. The predicted octanol–water partition coefficient (Wildman–Crippen LogP) is -1.26. The summed E-state index contributed by atoms with van der Waals surface area (Å²) in [5.74, 6) is -0.930. The van der Waals surface area contributed by atoms with Crippen LogP contribution in [0.15, 0.2) is 29.4 Å². The molecule has 0 aliphatic carbocycles. The lowest BCUT2D eigenvalue weighted by molar-refractivity contribution is -0.000147. The Hall–Kier alpha value is -3.85. The molecule has 2 N–H and O–H groups in total. The third-order valence-corrected chi connectivity index (χ3v) is 5.19. The van der Waals surface area contributed by atoms with Crippen LogP contribution in [0.1, 0.15) is 13.8 Å². The lowest BCUT2D eigenvalue weighted by Gasteiger charge is -2.15. The zero-order valence-electron chi connectivity index (χ0n) is 19.6. The molecule has 15 nitrogen and oxygen atoms in total. The van der Waals surface area contributed by atoms with Crippen molar-refractivity contribution in [1.82, 2.24) is 27.8 Å². The van der Waals surface area contributed by atoms with Gasteiger partial charge in [-0.15, -0.1) is 10.2 Å². The van der Waals surface area contributed by atoms with Crippen LogP contribution in [0.4, 0.5) is 11.6 Å². The zero-order valence-corrected chi connectivity index (χ0v) is 19.6. The Balaban J connectivity index is 2.24. The Morgan fingerprint density at radius 1 is 0.912 bits per heavy atom. The monoisotopic (exact) mass is 478 g/mol. The minimum Gasteiger partial charge on any atom is -0.493 e. The van der Waals surface area contributed by atoms with Crippen LogP contribution < -0.4 is 22.5 Å². The smallest absolute Gasteiger partial charge is 0.333 e. The molecule has 0 fully saturated rings. The van der Waals surface area contributed by atoms with Crippen molar-refractivity contribution < 1.29 is 14.9 Å². The van der Waals surface area contributed by atoms with Gasteiger partial charge in [-0.1, -0.05) is 0 Å². The molecule has 0 unspecified atom stereocenters. The minimum atomic E-state index is -1.07. The van der Waals surface area contributed by atoms with E-state index in [1.54, 1.807) is 13.8 Å². The van der Waals surface area contributed by atoms with Crippen LogP contribution in [0, 0.1) is 0 Å². The van der Waals surface area contributed by atoms with E-state index in [0.717, 1.165) is 18.3 Å². The highest BCUT2D eigenvalue weighted by atomic mass is 16.5. The predicted molar refractivity (Wildman–Crippen MR) is 120 cm³/mol. The second-order valence-corrected chi connectivity index (χ2v) is 8.01. The highest BCUT2D eigenvalue weighted by Gasteiger charge is 2.22. The minimum absolute atomic E-state index is 0.0170. The molecule has 0 aliphatic rings. The van der Waals surface area contributed by atoms with Crippen molar-refractivity contribution in [2.45, 2.75) is 32.6 Å². The van der Waals surface area contributed by atoms with Gasteiger partial charge in [0, 0.05) is 28.2 Å². The van der Waals surface area contributed by atoms with Crippen molar-refractivity contribution in [1.29, 1.82) is 0 Å². The number of hydrogen-bond donors (Lipinski definition) is 2. The number of aromatic nitrogens is 6. The van der Waals surface area contributed by atoms with Gasteiger partial charge in [-0.05, 0) is 13.8 Å². The largest absolute Gasteiger partial charge is 0.493 e. The van der Waals surface area contributed by atoms with Crippen LogP contribution in [-0.2, 0) is 39.5 Å². The number of fused-ring (bicyclic) bond motifs is 1. The van der Waals surface area contributed by atoms with Gasteiger partial charge in [-0.3, -0.25) is 32.4 Å². The lowest BCUT2D eigenvalue weighted by atomic mass is 10.3. The maximum atomic E-state index is 12.9. The molecular weight excluding hydrogens is 452 g/mol. The van der Waals surface area contributed by atoms with E-state index in [1.807, 2.05) is 0 Å². The summed E-state index contributed by atoms with van der Waals surface area (Å²) in [5, 5.41) is 28.4. The standard InChI is InChI=1S/C19H26N8O7/c1-9(2)34-8-10(28)7-27-12-13(23(3)18(32)26(6)16(12)31)20-17(27)22-21-11-14(29)24(4)19(33)25(5)15(11)30/h9-10,28-29H,7-8H2,1-6H3/t10-/m1/s1. The van der Waals surface area contributed by atoms with Crippen molar-refractivity contribution in [3.8, 4) is 5.88 Å². The summed E-state index contributed by atoms with van der Waals surface area (Å²) in [6.45, 7) is 3.35. The molecule has 0 aliphatic heterocycles. The fourth-order valence-electron chi connectivity index (χ4n) is 3.25. The molecule has 0 spiro atoms. The number of ether oxygens (including phenoxy) is 1. The van der Waals surface area contributed by atoms with Crippen LogP contribution >= 0.6 is 0 Å². The Kier molecular flexibility index (Phi) is 6.70. The van der Waals surface area contributed by atoms with Gasteiger partial charge in [0.25, 0.3) is 17.1 Å². The second kappa shape index (κ2) is 9.18. The summed E-state index contributed by atoms with van der Waals surface area (Å²) in [6, 6.07) is 0. The Bertz CT molecular complexity index is 1520. The molecule has 0 saturated carbocycles. The van der Waals surface area contributed by atoms with Gasteiger partial charge < -0.3 is 14.9 Å². The van der Waals surface area contributed by atoms with E-state index in [9.17, 15) is 29.4 Å². The molecule has 0 aromatic carbocycles. The molecule has 3 rings (SSSR count). The van der Waals surface area contributed by atoms with Crippen LogP contribution in [0.25, 0.3) is 11.2 Å². The van der Waals surface area contributed by atoms with E-state index >= 15 is 0 Å². The number of aliphatic hydroxyl groups excluding tert-OH is 1. The van der Waals surface area contributed by atoms with Gasteiger partial charge in [0.2, 0.25) is 11.6 Å². The SMILES string of the molecule is CC(C)OC[C@H](O)Cn1c(N=Nc2c(O)n(C)c(=O)n(C)c2=O)nc2c1c(=O)n(C)c(=O)n2C. The molecule has 3 aromatic rings. The molecule has 0 radical (unpaired) electrons. The Morgan fingerprint density at radius 3 is 2.12 bits per heavy atom. The molecule has 1 atom stereocenters. The van der Waals surface area contributed by atoms with E-state index in [1.165, 1.54) is 32.8 Å². The molecule has 0 amide bonds. The number of rotatable bonds is 7. The van der Waals surface area contributed by atoms with E-state index in [2.05, 4.69) is 15.2 Å². The number of aryl methyl sites for hydroxylation is 1. The molecule has 15 heteroatoms. The summed E-state index contributed by atoms with van der Waals surface area (Å²) in [5.41, 5.74) is -3.55. The second-order valence-electron chi connectivity index (χ2n) is 8.01. The van der Waals surface area contributed by atoms with Crippen molar-refractivity contribution >= 4 is 22.8 Å². The molecule has 0 bridgehead atoms. The number of aliphatic hydroxyl groups is 1. The van der Waals surface area contributed by atoms with Gasteiger partial charge in [-0.25, -0.2) is 9.59 Å². The van der Waals surface area contributed by atoms with E-state index in [4.69, 9.17) is 4.74 Å². The average molecular weight is 478 g/mol.